The van der Waals surface area contributed by atoms with Gasteiger partial charge in [0.25, 0.3) is 0 Å². The molecule has 1 aliphatic rings. The minimum absolute atomic E-state index is 0.284. The van der Waals surface area contributed by atoms with Gasteiger partial charge in [0.1, 0.15) is 0 Å². The maximum Gasteiger partial charge on any atom is 0.306 e. The lowest BCUT2D eigenvalue weighted by molar-refractivity contribution is -0.158. The molecule has 1 unspecified atom stereocenters. The SMILES string of the molecule is CC(C)(C)OC(C=O)N1CCC(C(=O)O)CC1. The fourth-order valence-electron chi connectivity index (χ4n) is 1.95. The molecule has 5 nitrogen and oxygen atoms in total. The molecule has 0 saturated carbocycles. The van der Waals surface area contributed by atoms with Crippen molar-refractivity contribution in [2.45, 2.75) is 45.4 Å². The molecule has 0 aromatic rings. The Balaban J connectivity index is 2.51. The molecule has 0 bridgehead atoms. The van der Waals surface area contributed by atoms with E-state index in [0.717, 1.165) is 6.29 Å². The van der Waals surface area contributed by atoms with E-state index < -0.39 is 12.2 Å². The lowest BCUT2D eigenvalue weighted by Gasteiger charge is -2.36. The number of carbonyl (C=O) groups is 2. The van der Waals surface area contributed by atoms with Crippen LogP contribution in [0.1, 0.15) is 33.6 Å². The van der Waals surface area contributed by atoms with Gasteiger partial charge in [-0.3, -0.25) is 14.5 Å². The lowest BCUT2D eigenvalue weighted by atomic mass is 9.97. The largest absolute Gasteiger partial charge is 0.481 e. The Bertz CT molecular complexity index is 277. The zero-order chi connectivity index (χ0) is 13.1. The third-order valence-corrected chi connectivity index (χ3v) is 2.83. The van der Waals surface area contributed by atoms with Gasteiger partial charge in [-0.25, -0.2) is 0 Å². The summed E-state index contributed by atoms with van der Waals surface area (Å²) < 4.78 is 5.63. The van der Waals surface area contributed by atoms with Crippen LogP contribution in [0.5, 0.6) is 0 Å². The number of aldehydes is 1. The van der Waals surface area contributed by atoms with E-state index in [-0.39, 0.29) is 11.5 Å². The molecule has 1 rings (SSSR count). The average Bonchev–Trinajstić information content (AvgIpc) is 2.25. The highest BCUT2D eigenvalue weighted by Crippen LogP contribution is 2.21. The molecule has 1 heterocycles. The summed E-state index contributed by atoms with van der Waals surface area (Å²) in [6.45, 7) is 6.88. The molecule has 1 aliphatic heterocycles. The standard InChI is InChI=1S/C12H21NO4/c1-12(2,3)17-10(8-14)13-6-4-9(5-7-13)11(15)16/h8-10H,4-7H2,1-3H3,(H,15,16). The van der Waals surface area contributed by atoms with Crippen LogP contribution in [-0.2, 0) is 14.3 Å². The fraction of sp³-hybridized carbons (Fsp3) is 0.833. The maximum atomic E-state index is 11.0. The Labute approximate surface area is 102 Å². The van der Waals surface area contributed by atoms with Gasteiger partial charge < -0.3 is 9.84 Å². The Morgan fingerprint density at radius 1 is 1.41 bits per heavy atom. The summed E-state index contributed by atoms with van der Waals surface area (Å²) in [7, 11) is 0. The smallest absolute Gasteiger partial charge is 0.306 e. The molecule has 0 amide bonds. The quantitative estimate of drug-likeness (QED) is 0.749. The van der Waals surface area contributed by atoms with Crippen LogP contribution < -0.4 is 0 Å². The zero-order valence-electron chi connectivity index (χ0n) is 10.7. The number of carbonyl (C=O) groups excluding carboxylic acids is 1. The molecule has 0 aromatic heterocycles. The van der Waals surface area contributed by atoms with Crippen molar-refractivity contribution in [3.8, 4) is 0 Å². The van der Waals surface area contributed by atoms with Gasteiger partial charge in [-0.05, 0) is 33.6 Å². The molecule has 17 heavy (non-hydrogen) atoms. The predicted octanol–water partition coefficient (Wildman–Crippen LogP) is 1.12. The van der Waals surface area contributed by atoms with E-state index in [1.807, 2.05) is 25.7 Å². The van der Waals surface area contributed by atoms with E-state index in [4.69, 9.17) is 9.84 Å². The number of likely N-dealkylation sites (tertiary alicyclic amines) is 1. The normalized spacial score (nSPS) is 21.1. The van der Waals surface area contributed by atoms with E-state index in [1.54, 1.807) is 0 Å². The molecule has 98 valence electrons. The van der Waals surface area contributed by atoms with Crippen molar-refractivity contribution in [2.24, 2.45) is 5.92 Å². The van der Waals surface area contributed by atoms with Crippen molar-refractivity contribution < 1.29 is 19.4 Å². The van der Waals surface area contributed by atoms with Gasteiger partial charge in [0.2, 0.25) is 0 Å². The van der Waals surface area contributed by atoms with Gasteiger partial charge in [0.15, 0.2) is 12.5 Å². The Morgan fingerprint density at radius 2 is 1.94 bits per heavy atom. The second-order valence-electron chi connectivity index (χ2n) is 5.41. The van der Waals surface area contributed by atoms with E-state index in [1.165, 1.54) is 0 Å². The molecule has 0 radical (unpaired) electrons. The monoisotopic (exact) mass is 243 g/mol. The van der Waals surface area contributed by atoms with E-state index in [2.05, 4.69) is 0 Å². The molecule has 1 fully saturated rings. The number of hydrogen-bond donors (Lipinski definition) is 1. The maximum absolute atomic E-state index is 11.0. The molecule has 1 N–H and O–H groups in total. The molecule has 0 aromatic carbocycles. The van der Waals surface area contributed by atoms with Crippen LogP contribution in [0.4, 0.5) is 0 Å². The van der Waals surface area contributed by atoms with Crippen LogP contribution in [-0.4, -0.2) is 47.2 Å². The van der Waals surface area contributed by atoms with Crippen LogP contribution in [0.2, 0.25) is 0 Å². The number of hydrogen-bond acceptors (Lipinski definition) is 4. The van der Waals surface area contributed by atoms with E-state index in [0.29, 0.717) is 25.9 Å². The fourth-order valence-corrected chi connectivity index (χ4v) is 1.95. The summed E-state index contributed by atoms with van der Waals surface area (Å²) in [6.07, 6.45) is 1.37. The summed E-state index contributed by atoms with van der Waals surface area (Å²) in [5, 5.41) is 8.89. The van der Waals surface area contributed by atoms with Crippen LogP contribution in [0, 0.1) is 5.92 Å². The number of nitrogens with zero attached hydrogens (tertiary/aromatic N) is 1. The second-order valence-corrected chi connectivity index (χ2v) is 5.41. The Kier molecular flexibility index (Phi) is 4.65. The number of carboxylic acids is 1. The van der Waals surface area contributed by atoms with Crippen molar-refractivity contribution in [1.82, 2.24) is 4.90 Å². The second kappa shape index (κ2) is 5.60. The molecule has 1 atom stereocenters. The highest BCUT2D eigenvalue weighted by Gasteiger charge is 2.30. The number of ether oxygens (including phenoxy) is 1. The summed E-state index contributed by atoms with van der Waals surface area (Å²) in [4.78, 5) is 23.7. The first-order valence-corrected chi connectivity index (χ1v) is 5.93. The number of aliphatic carboxylic acids is 1. The van der Waals surface area contributed by atoms with Crippen molar-refractivity contribution in [1.29, 1.82) is 0 Å². The predicted molar refractivity (Wildman–Crippen MR) is 62.6 cm³/mol. The van der Waals surface area contributed by atoms with Crippen LogP contribution >= 0.6 is 0 Å². The van der Waals surface area contributed by atoms with Crippen LogP contribution in [0.25, 0.3) is 0 Å². The van der Waals surface area contributed by atoms with Crippen molar-refractivity contribution in [2.75, 3.05) is 13.1 Å². The first-order valence-electron chi connectivity index (χ1n) is 5.93. The highest BCUT2D eigenvalue weighted by molar-refractivity contribution is 5.70. The van der Waals surface area contributed by atoms with Gasteiger partial charge >= 0.3 is 5.97 Å². The zero-order valence-corrected chi connectivity index (χ0v) is 10.7. The van der Waals surface area contributed by atoms with E-state index >= 15 is 0 Å². The van der Waals surface area contributed by atoms with Crippen molar-refractivity contribution in [3.63, 3.8) is 0 Å². The minimum atomic E-state index is -0.746. The molecule has 0 aliphatic carbocycles. The van der Waals surface area contributed by atoms with Gasteiger partial charge in [-0.2, -0.15) is 0 Å². The Morgan fingerprint density at radius 3 is 2.29 bits per heavy atom. The topological polar surface area (TPSA) is 66.8 Å². The Hall–Kier alpha value is -0.940. The number of piperidine rings is 1. The molecule has 0 spiro atoms. The minimum Gasteiger partial charge on any atom is -0.481 e. The average molecular weight is 243 g/mol. The van der Waals surface area contributed by atoms with Gasteiger partial charge in [-0.1, -0.05) is 0 Å². The number of carboxylic acid groups (broad SMARTS) is 1. The molecule has 5 heteroatoms. The first-order chi connectivity index (χ1) is 7.83. The van der Waals surface area contributed by atoms with Gasteiger partial charge in [0, 0.05) is 13.1 Å². The summed E-state index contributed by atoms with van der Waals surface area (Å²) in [5.74, 6) is -1.03. The summed E-state index contributed by atoms with van der Waals surface area (Å²) >= 11 is 0. The van der Waals surface area contributed by atoms with Crippen LogP contribution in [0.15, 0.2) is 0 Å². The first kappa shape index (κ1) is 14.1. The van der Waals surface area contributed by atoms with Crippen molar-refractivity contribution in [3.05, 3.63) is 0 Å². The van der Waals surface area contributed by atoms with Crippen LogP contribution in [0.3, 0.4) is 0 Å². The third kappa shape index (κ3) is 4.44. The molecular weight excluding hydrogens is 222 g/mol. The lowest BCUT2D eigenvalue weighted by Crippen LogP contribution is -2.47. The molecular formula is C12H21NO4. The number of rotatable bonds is 4. The summed E-state index contributed by atoms with van der Waals surface area (Å²) in [5.41, 5.74) is -0.380. The van der Waals surface area contributed by atoms with Crippen molar-refractivity contribution >= 4 is 12.3 Å². The van der Waals surface area contributed by atoms with Gasteiger partial charge in [-0.15, -0.1) is 0 Å². The summed E-state index contributed by atoms with van der Waals surface area (Å²) in [6, 6.07) is 0. The third-order valence-electron chi connectivity index (χ3n) is 2.83. The van der Waals surface area contributed by atoms with Gasteiger partial charge in [0.05, 0.1) is 11.5 Å². The highest BCUT2D eigenvalue weighted by atomic mass is 16.5. The molecule has 1 saturated heterocycles. The van der Waals surface area contributed by atoms with E-state index in [9.17, 15) is 9.59 Å².